The number of carbonyl (C=O) groups excluding carboxylic acids is 1. The van der Waals surface area contributed by atoms with Gasteiger partial charge in [0.1, 0.15) is 0 Å². The molecule has 154 valence electrons. The van der Waals surface area contributed by atoms with E-state index in [1.807, 2.05) is 20.8 Å². The lowest BCUT2D eigenvalue weighted by molar-refractivity contribution is 0.0740. The minimum Gasteiger partial charge on any atom is -0.341 e. The number of hydrogen-bond donors (Lipinski definition) is 1. The lowest BCUT2D eigenvalue weighted by Crippen LogP contribution is -2.42. The number of amides is 1. The number of hydrogen-bond acceptors (Lipinski definition) is 4. The van der Waals surface area contributed by atoms with Crippen LogP contribution in [0.3, 0.4) is 0 Å². The maximum atomic E-state index is 12.9. The molecule has 1 aromatic carbocycles. The Morgan fingerprint density at radius 1 is 1.26 bits per heavy atom. The Balaban J connectivity index is 0.00000364. The van der Waals surface area contributed by atoms with Crippen molar-refractivity contribution in [1.29, 1.82) is 0 Å². The van der Waals surface area contributed by atoms with Crippen molar-refractivity contribution >= 4 is 28.3 Å². The molecule has 1 aromatic rings. The Labute approximate surface area is 169 Å². The summed E-state index contributed by atoms with van der Waals surface area (Å²) in [6, 6.07) is 6.27. The molecule has 0 saturated carbocycles. The molecule has 0 bridgehead atoms. The average molecular weight is 418 g/mol. The van der Waals surface area contributed by atoms with Crippen LogP contribution in [0.4, 0.5) is 0 Å². The summed E-state index contributed by atoms with van der Waals surface area (Å²) in [6.07, 6.45) is 2.84. The Morgan fingerprint density at radius 2 is 1.85 bits per heavy atom. The van der Waals surface area contributed by atoms with Crippen molar-refractivity contribution in [3.05, 3.63) is 29.8 Å². The normalized spacial score (nSPS) is 18.6. The van der Waals surface area contributed by atoms with E-state index in [0.29, 0.717) is 25.2 Å². The van der Waals surface area contributed by atoms with Crippen molar-refractivity contribution < 1.29 is 13.2 Å². The minimum atomic E-state index is -3.51. The fraction of sp³-hybridized carbons (Fsp3) is 0.632. The number of piperidine rings is 1. The second kappa shape index (κ2) is 9.37. The molecule has 27 heavy (non-hydrogen) atoms. The summed E-state index contributed by atoms with van der Waals surface area (Å²) in [6.45, 7) is 7.53. The van der Waals surface area contributed by atoms with Crippen molar-refractivity contribution in [2.24, 2.45) is 11.1 Å². The first-order valence-corrected chi connectivity index (χ1v) is 10.6. The van der Waals surface area contributed by atoms with Gasteiger partial charge < -0.3 is 10.6 Å². The maximum absolute atomic E-state index is 12.9. The van der Waals surface area contributed by atoms with Gasteiger partial charge in [-0.05, 0) is 56.0 Å². The van der Waals surface area contributed by atoms with Crippen LogP contribution in [0.2, 0.25) is 0 Å². The van der Waals surface area contributed by atoms with Crippen LogP contribution in [0.5, 0.6) is 0 Å². The van der Waals surface area contributed by atoms with Gasteiger partial charge in [0.2, 0.25) is 10.0 Å². The van der Waals surface area contributed by atoms with E-state index in [2.05, 4.69) is 0 Å². The van der Waals surface area contributed by atoms with Crippen molar-refractivity contribution in [3.8, 4) is 0 Å². The van der Waals surface area contributed by atoms with Gasteiger partial charge >= 0.3 is 0 Å². The summed E-state index contributed by atoms with van der Waals surface area (Å²) in [5.74, 6) is -0.137. The van der Waals surface area contributed by atoms with Crippen LogP contribution in [0.15, 0.2) is 29.2 Å². The second-order valence-electron chi connectivity index (χ2n) is 8.01. The van der Waals surface area contributed by atoms with Crippen molar-refractivity contribution in [1.82, 2.24) is 9.21 Å². The van der Waals surface area contributed by atoms with E-state index >= 15 is 0 Å². The van der Waals surface area contributed by atoms with Gasteiger partial charge in [-0.3, -0.25) is 4.79 Å². The number of rotatable bonds is 6. The molecule has 0 spiro atoms. The Hall–Kier alpha value is -1.15. The summed E-state index contributed by atoms with van der Waals surface area (Å²) in [5, 5.41) is 0. The molecule has 1 aliphatic heterocycles. The van der Waals surface area contributed by atoms with Crippen LogP contribution in [0, 0.1) is 5.41 Å². The number of benzene rings is 1. The van der Waals surface area contributed by atoms with Crippen LogP contribution in [-0.2, 0) is 10.0 Å². The zero-order valence-corrected chi connectivity index (χ0v) is 18.3. The van der Waals surface area contributed by atoms with Gasteiger partial charge in [-0.1, -0.05) is 20.3 Å². The SMILES string of the molecule is CC1CCCCN1S(=O)(=O)c1ccc(C(=O)N(C)CC(C)(C)CN)cc1.Cl. The first-order valence-electron chi connectivity index (χ1n) is 9.16. The van der Waals surface area contributed by atoms with Crippen LogP contribution in [0.1, 0.15) is 50.4 Å². The molecule has 1 atom stereocenters. The number of nitrogens with two attached hydrogens (primary N) is 1. The minimum absolute atomic E-state index is 0. The summed E-state index contributed by atoms with van der Waals surface area (Å²) >= 11 is 0. The second-order valence-corrected chi connectivity index (χ2v) is 9.91. The van der Waals surface area contributed by atoms with E-state index in [4.69, 9.17) is 5.73 Å². The number of halogens is 1. The van der Waals surface area contributed by atoms with Gasteiger partial charge in [0.25, 0.3) is 5.91 Å². The lowest BCUT2D eigenvalue weighted by atomic mass is 9.93. The first-order chi connectivity index (χ1) is 12.1. The molecule has 0 aromatic heterocycles. The van der Waals surface area contributed by atoms with Crippen LogP contribution in [0.25, 0.3) is 0 Å². The molecular weight excluding hydrogens is 386 g/mol. The van der Waals surface area contributed by atoms with E-state index in [-0.39, 0.29) is 34.7 Å². The molecule has 0 aliphatic carbocycles. The summed E-state index contributed by atoms with van der Waals surface area (Å²) < 4.78 is 27.3. The van der Waals surface area contributed by atoms with Gasteiger partial charge in [-0.15, -0.1) is 12.4 Å². The first kappa shape index (κ1) is 23.9. The summed E-state index contributed by atoms with van der Waals surface area (Å²) in [5.41, 5.74) is 6.04. The van der Waals surface area contributed by atoms with E-state index in [0.717, 1.165) is 19.3 Å². The zero-order valence-electron chi connectivity index (χ0n) is 16.6. The highest BCUT2D eigenvalue weighted by molar-refractivity contribution is 7.89. The van der Waals surface area contributed by atoms with E-state index in [1.54, 1.807) is 28.4 Å². The highest BCUT2D eigenvalue weighted by atomic mass is 35.5. The van der Waals surface area contributed by atoms with Gasteiger partial charge in [0.05, 0.1) is 4.90 Å². The highest BCUT2D eigenvalue weighted by Gasteiger charge is 2.31. The monoisotopic (exact) mass is 417 g/mol. The largest absolute Gasteiger partial charge is 0.341 e. The van der Waals surface area contributed by atoms with Gasteiger partial charge in [-0.25, -0.2) is 8.42 Å². The highest BCUT2D eigenvalue weighted by Crippen LogP contribution is 2.25. The molecule has 1 unspecified atom stereocenters. The number of nitrogens with zero attached hydrogens (tertiary/aromatic N) is 2. The molecule has 1 amide bonds. The molecule has 1 saturated heterocycles. The predicted molar refractivity (Wildman–Crippen MR) is 111 cm³/mol. The molecule has 1 heterocycles. The molecule has 2 N–H and O–H groups in total. The number of sulfonamides is 1. The Bertz CT molecular complexity index is 735. The van der Waals surface area contributed by atoms with E-state index in [9.17, 15) is 13.2 Å². The van der Waals surface area contributed by atoms with Crippen molar-refractivity contribution in [3.63, 3.8) is 0 Å². The third-order valence-corrected chi connectivity index (χ3v) is 7.04. The topological polar surface area (TPSA) is 83.7 Å². The van der Waals surface area contributed by atoms with Crippen molar-refractivity contribution in [2.45, 2.75) is 51.0 Å². The lowest BCUT2D eigenvalue weighted by Gasteiger charge is -2.32. The third-order valence-electron chi connectivity index (χ3n) is 5.01. The van der Waals surface area contributed by atoms with Gasteiger partial charge in [-0.2, -0.15) is 4.31 Å². The molecule has 0 radical (unpaired) electrons. The number of carbonyl (C=O) groups is 1. The van der Waals surface area contributed by atoms with Crippen LogP contribution in [-0.4, -0.2) is 56.3 Å². The average Bonchev–Trinajstić information content (AvgIpc) is 2.61. The van der Waals surface area contributed by atoms with E-state index < -0.39 is 10.0 Å². The standard InChI is InChI=1S/C19H31N3O3S.ClH/c1-15-7-5-6-12-22(15)26(24,25)17-10-8-16(9-11-17)18(23)21(4)14-19(2,3)13-20;/h8-11,15H,5-7,12-14,20H2,1-4H3;1H. The molecule has 8 heteroatoms. The van der Waals surface area contributed by atoms with E-state index in [1.165, 1.54) is 12.1 Å². The predicted octanol–water partition coefficient (Wildman–Crippen LogP) is 2.73. The Kier molecular flexibility index (Phi) is 8.29. The molecule has 1 aliphatic rings. The maximum Gasteiger partial charge on any atom is 0.253 e. The quantitative estimate of drug-likeness (QED) is 0.771. The van der Waals surface area contributed by atoms with Crippen LogP contribution < -0.4 is 5.73 Å². The molecule has 1 fully saturated rings. The summed E-state index contributed by atoms with van der Waals surface area (Å²) in [7, 11) is -1.78. The molecule has 2 rings (SSSR count). The molecule has 6 nitrogen and oxygen atoms in total. The fourth-order valence-electron chi connectivity index (χ4n) is 3.33. The smallest absolute Gasteiger partial charge is 0.253 e. The van der Waals surface area contributed by atoms with Gasteiger partial charge in [0.15, 0.2) is 0 Å². The molecular formula is C19H32ClN3O3S. The fourth-order valence-corrected chi connectivity index (χ4v) is 5.03. The zero-order chi connectivity index (χ0) is 19.5. The Morgan fingerprint density at radius 3 is 2.37 bits per heavy atom. The third kappa shape index (κ3) is 5.67. The van der Waals surface area contributed by atoms with Crippen molar-refractivity contribution in [2.75, 3.05) is 26.7 Å². The van der Waals surface area contributed by atoms with Gasteiger partial charge in [0, 0.05) is 31.7 Å². The summed E-state index contributed by atoms with van der Waals surface area (Å²) in [4.78, 5) is 14.4. The van der Waals surface area contributed by atoms with Crippen LogP contribution >= 0.6 is 12.4 Å².